The molecule has 2 rings (SSSR count). The zero-order chi connectivity index (χ0) is 20.2. The van der Waals surface area contributed by atoms with Crippen LogP contribution in [0.4, 0.5) is 0 Å². The Kier molecular flexibility index (Phi) is 7.86. The molecule has 0 aromatic heterocycles. The Labute approximate surface area is 165 Å². The Morgan fingerprint density at radius 2 is 1.48 bits per heavy atom. The lowest BCUT2D eigenvalue weighted by atomic mass is 9.89. The maximum atomic E-state index is 13.3. The number of hydrogen-bond acceptors (Lipinski definition) is 4. The molecule has 0 bridgehead atoms. The van der Waals surface area contributed by atoms with Gasteiger partial charge in [0.05, 0.1) is 18.1 Å². The molecule has 0 unspecified atom stereocenters. The van der Waals surface area contributed by atoms with Crippen LogP contribution in [0.2, 0.25) is 0 Å². The SMILES string of the molecule is CC(C)c1cc(C(C)C)c(S(=O)(=O)NCCN2CCOCC2)c(C(C)C)c1. The fourth-order valence-electron chi connectivity index (χ4n) is 3.43. The number of ether oxygens (including phenoxy) is 1. The monoisotopic (exact) mass is 396 g/mol. The first-order valence-electron chi connectivity index (χ1n) is 10.1. The van der Waals surface area contributed by atoms with Crippen LogP contribution in [-0.2, 0) is 14.8 Å². The fourth-order valence-corrected chi connectivity index (χ4v) is 5.15. The largest absolute Gasteiger partial charge is 0.379 e. The van der Waals surface area contributed by atoms with E-state index in [1.54, 1.807) is 0 Å². The van der Waals surface area contributed by atoms with E-state index in [-0.39, 0.29) is 11.8 Å². The van der Waals surface area contributed by atoms with Crippen LogP contribution in [0.25, 0.3) is 0 Å². The summed E-state index contributed by atoms with van der Waals surface area (Å²) in [6, 6.07) is 4.16. The van der Waals surface area contributed by atoms with Crippen molar-refractivity contribution < 1.29 is 13.2 Å². The zero-order valence-electron chi connectivity index (χ0n) is 17.7. The van der Waals surface area contributed by atoms with Gasteiger partial charge in [-0.05, 0) is 34.4 Å². The Balaban J connectivity index is 2.32. The molecule has 1 aromatic rings. The van der Waals surface area contributed by atoms with Crippen molar-refractivity contribution in [3.05, 3.63) is 28.8 Å². The van der Waals surface area contributed by atoms with Gasteiger partial charge in [-0.2, -0.15) is 0 Å². The van der Waals surface area contributed by atoms with Crippen LogP contribution in [0.3, 0.4) is 0 Å². The Hall–Kier alpha value is -0.950. The van der Waals surface area contributed by atoms with E-state index in [1.165, 1.54) is 5.56 Å². The second-order valence-electron chi connectivity index (χ2n) is 8.34. The molecule has 1 saturated heterocycles. The first kappa shape index (κ1) is 22.3. The maximum Gasteiger partial charge on any atom is 0.241 e. The van der Waals surface area contributed by atoms with Crippen molar-refractivity contribution in [3.8, 4) is 0 Å². The van der Waals surface area contributed by atoms with Crippen LogP contribution in [0.1, 0.15) is 76.0 Å². The van der Waals surface area contributed by atoms with Gasteiger partial charge in [0.1, 0.15) is 0 Å². The summed E-state index contributed by atoms with van der Waals surface area (Å²) in [6.45, 7) is 16.9. The molecule has 0 saturated carbocycles. The summed E-state index contributed by atoms with van der Waals surface area (Å²) >= 11 is 0. The van der Waals surface area contributed by atoms with Crippen molar-refractivity contribution in [1.82, 2.24) is 9.62 Å². The normalized spacial score (nSPS) is 16.6. The number of morpholine rings is 1. The minimum Gasteiger partial charge on any atom is -0.379 e. The molecule has 154 valence electrons. The third-order valence-electron chi connectivity index (χ3n) is 5.17. The summed E-state index contributed by atoms with van der Waals surface area (Å²) < 4.78 is 34.7. The average Bonchev–Trinajstić information content (AvgIpc) is 2.61. The number of nitrogens with one attached hydrogen (secondary N) is 1. The quantitative estimate of drug-likeness (QED) is 0.728. The van der Waals surface area contributed by atoms with Gasteiger partial charge in [-0.25, -0.2) is 13.1 Å². The van der Waals surface area contributed by atoms with Crippen LogP contribution in [-0.4, -0.2) is 52.7 Å². The number of rotatable bonds is 8. The van der Waals surface area contributed by atoms with Gasteiger partial charge in [-0.3, -0.25) is 4.90 Å². The summed E-state index contributed by atoms with van der Waals surface area (Å²) in [6.07, 6.45) is 0. The number of nitrogens with zero attached hydrogens (tertiary/aromatic N) is 1. The molecule has 6 heteroatoms. The summed E-state index contributed by atoms with van der Waals surface area (Å²) in [5, 5.41) is 0. The number of benzene rings is 1. The number of hydrogen-bond donors (Lipinski definition) is 1. The fraction of sp³-hybridized carbons (Fsp3) is 0.714. The maximum absolute atomic E-state index is 13.3. The lowest BCUT2D eigenvalue weighted by Crippen LogP contribution is -2.41. The molecule has 0 aliphatic carbocycles. The Bertz CT molecular complexity index is 692. The lowest BCUT2D eigenvalue weighted by molar-refractivity contribution is 0.0390. The Morgan fingerprint density at radius 3 is 1.93 bits per heavy atom. The first-order valence-corrected chi connectivity index (χ1v) is 11.6. The zero-order valence-corrected chi connectivity index (χ0v) is 18.5. The third-order valence-corrected chi connectivity index (χ3v) is 6.76. The first-order chi connectivity index (χ1) is 12.6. The van der Waals surface area contributed by atoms with E-state index in [4.69, 9.17) is 4.74 Å². The molecular formula is C21H36N2O3S. The highest BCUT2D eigenvalue weighted by Gasteiger charge is 2.26. The van der Waals surface area contributed by atoms with Crippen LogP contribution in [0.5, 0.6) is 0 Å². The van der Waals surface area contributed by atoms with Crippen molar-refractivity contribution in [3.63, 3.8) is 0 Å². The van der Waals surface area contributed by atoms with Gasteiger partial charge in [0.2, 0.25) is 10.0 Å². The van der Waals surface area contributed by atoms with E-state index in [2.05, 4.69) is 63.3 Å². The van der Waals surface area contributed by atoms with Gasteiger partial charge in [0.15, 0.2) is 0 Å². The molecule has 1 N–H and O–H groups in total. The summed E-state index contributed by atoms with van der Waals surface area (Å²) in [5.74, 6) is 0.657. The van der Waals surface area contributed by atoms with Gasteiger partial charge < -0.3 is 4.74 Å². The van der Waals surface area contributed by atoms with E-state index >= 15 is 0 Å². The van der Waals surface area contributed by atoms with Crippen LogP contribution >= 0.6 is 0 Å². The molecule has 0 atom stereocenters. The minimum absolute atomic E-state index is 0.145. The number of sulfonamides is 1. The lowest BCUT2D eigenvalue weighted by Gasteiger charge is -2.27. The highest BCUT2D eigenvalue weighted by atomic mass is 32.2. The second-order valence-corrected chi connectivity index (χ2v) is 10.0. The molecule has 27 heavy (non-hydrogen) atoms. The van der Waals surface area contributed by atoms with Crippen molar-refractivity contribution >= 4 is 10.0 Å². The molecule has 1 aliphatic heterocycles. The summed E-state index contributed by atoms with van der Waals surface area (Å²) in [5.41, 5.74) is 3.04. The van der Waals surface area contributed by atoms with Gasteiger partial charge in [-0.15, -0.1) is 0 Å². The van der Waals surface area contributed by atoms with E-state index in [9.17, 15) is 8.42 Å². The van der Waals surface area contributed by atoms with Gasteiger partial charge in [0.25, 0.3) is 0 Å². The van der Waals surface area contributed by atoms with Crippen LogP contribution < -0.4 is 4.72 Å². The van der Waals surface area contributed by atoms with Gasteiger partial charge in [-0.1, -0.05) is 53.7 Å². The molecule has 1 fully saturated rings. The Morgan fingerprint density at radius 1 is 0.963 bits per heavy atom. The standard InChI is InChI=1S/C21H36N2O3S/c1-15(2)18-13-19(16(3)4)21(20(14-18)17(5)6)27(24,25)22-7-8-23-9-11-26-12-10-23/h13-17,22H,7-12H2,1-6H3. The molecule has 5 nitrogen and oxygen atoms in total. The highest BCUT2D eigenvalue weighted by Crippen LogP contribution is 2.34. The van der Waals surface area contributed by atoms with Gasteiger partial charge in [0, 0.05) is 26.2 Å². The minimum atomic E-state index is -3.56. The molecule has 1 aliphatic rings. The van der Waals surface area contributed by atoms with Crippen molar-refractivity contribution in [2.45, 2.75) is 64.2 Å². The van der Waals surface area contributed by atoms with Crippen LogP contribution in [0, 0.1) is 0 Å². The predicted molar refractivity (Wildman–Crippen MR) is 111 cm³/mol. The molecule has 1 aromatic carbocycles. The van der Waals surface area contributed by atoms with E-state index in [1.807, 2.05) is 0 Å². The van der Waals surface area contributed by atoms with Crippen molar-refractivity contribution in [1.29, 1.82) is 0 Å². The van der Waals surface area contributed by atoms with E-state index < -0.39 is 10.0 Å². The van der Waals surface area contributed by atoms with E-state index in [0.29, 0.717) is 23.9 Å². The smallest absolute Gasteiger partial charge is 0.241 e. The topological polar surface area (TPSA) is 58.6 Å². The van der Waals surface area contributed by atoms with Crippen molar-refractivity contribution in [2.24, 2.45) is 0 Å². The second kappa shape index (κ2) is 9.50. The average molecular weight is 397 g/mol. The summed E-state index contributed by atoms with van der Waals surface area (Å²) in [4.78, 5) is 2.72. The molecule has 1 heterocycles. The van der Waals surface area contributed by atoms with Gasteiger partial charge >= 0.3 is 0 Å². The predicted octanol–water partition coefficient (Wildman–Crippen LogP) is 3.67. The molecule has 0 amide bonds. The van der Waals surface area contributed by atoms with Crippen LogP contribution in [0.15, 0.2) is 17.0 Å². The van der Waals surface area contributed by atoms with E-state index in [0.717, 1.165) is 37.4 Å². The summed E-state index contributed by atoms with van der Waals surface area (Å²) in [7, 11) is -3.56. The third kappa shape index (κ3) is 5.76. The molecule has 0 radical (unpaired) electrons. The molecule has 0 spiro atoms. The highest BCUT2D eigenvalue weighted by molar-refractivity contribution is 7.89. The molecular weight excluding hydrogens is 360 g/mol. The van der Waals surface area contributed by atoms with Crippen molar-refractivity contribution in [2.75, 3.05) is 39.4 Å².